The molecule has 0 atom stereocenters. The zero-order chi connectivity index (χ0) is 17.9. The number of ether oxygens (including phenoxy) is 1. The number of carbonyl (C=O) groups is 1. The van der Waals surface area contributed by atoms with Gasteiger partial charge in [-0.2, -0.15) is 0 Å². The van der Waals surface area contributed by atoms with Crippen molar-refractivity contribution in [1.82, 2.24) is 0 Å². The van der Waals surface area contributed by atoms with Gasteiger partial charge in [-0.05, 0) is 37.3 Å². The average Bonchev–Trinajstić information content (AvgIpc) is 2.50. The summed E-state index contributed by atoms with van der Waals surface area (Å²) in [7, 11) is -4.02. The maximum Gasteiger partial charge on any atom is 0.338 e. The van der Waals surface area contributed by atoms with Gasteiger partial charge in [0.1, 0.15) is 4.90 Å². The van der Waals surface area contributed by atoms with Crippen molar-refractivity contribution in [1.29, 1.82) is 0 Å². The summed E-state index contributed by atoms with van der Waals surface area (Å²) >= 11 is 17.6. The molecule has 5 nitrogen and oxygen atoms in total. The highest BCUT2D eigenvalue weighted by molar-refractivity contribution is 7.92. The van der Waals surface area contributed by atoms with E-state index in [9.17, 15) is 13.2 Å². The van der Waals surface area contributed by atoms with Crippen LogP contribution in [0, 0.1) is 0 Å². The van der Waals surface area contributed by atoms with Gasteiger partial charge in [-0.25, -0.2) is 13.2 Å². The number of benzene rings is 2. The number of rotatable bonds is 5. The molecule has 0 aliphatic rings. The highest BCUT2D eigenvalue weighted by Gasteiger charge is 2.20. The van der Waals surface area contributed by atoms with Crippen LogP contribution in [-0.2, 0) is 14.8 Å². The third kappa shape index (κ3) is 4.33. The maximum atomic E-state index is 12.5. The molecule has 0 radical (unpaired) electrons. The van der Waals surface area contributed by atoms with Crippen molar-refractivity contribution in [2.75, 3.05) is 11.3 Å². The lowest BCUT2D eigenvalue weighted by molar-refractivity contribution is 0.0526. The molecule has 0 spiro atoms. The zero-order valence-electron chi connectivity index (χ0n) is 12.3. The smallest absolute Gasteiger partial charge is 0.338 e. The molecule has 9 heteroatoms. The fraction of sp³-hybridized carbons (Fsp3) is 0.133. The van der Waals surface area contributed by atoms with E-state index >= 15 is 0 Å². The van der Waals surface area contributed by atoms with E-state index < -0.39 is 16.0 Å². The summed E-state index contributed by atoms with van der Waals surface area (Å²) in [5.74, 6) is -0.550. The molecule has 0 heterocycles. The van der Waals surface area contributed by atoms with Gasteiger partial charge in [-0.3, -0.25) is 4.72 Å². The standard InChI is InChI=1S/C15H12Cl3NO4S/c1-2-23-15(20)9-4-3-5-10(6-9)19-24(21,22)14-8-12(17)11(16)7-13(14)18/h3-8,19H,2H2,1H3. The number of nitrogens with one attached hydrogen (secondary N) is 1. The first-order chi connectivity index (χ1) is 11.2. The molecule has 0 aliphatic heterocycles. The fourth-order valence-corrected chi connectivity index (χ4v) is 3.90. The quantitative estimate of drug-likeness (QED) is 0.578. The van der Waals surface area contributed by atoms with E-state index in [1.54, 1.807) is 6.92 Å². The minimum atomic E-state index is -4.02. The van der Waals surface area contributed by atoms with Gasteiger partial charge < -0.3 is 4.74 Å². The molecule has 24 heavy (non-hydrogen) atoms. The van der Waals surface area contributed by atoms with Crippen LogP contribution in [0.15, 0.2) is 41.3 Å². The first kappa shape index (κ1) is 18.9. The summed E-state index contributed by atoms with van der Waals surface area (Å²) in [4.78, 5) is 11.5. The van der Waals surface area contributed by atoms with E-state index in [1.165, 1.54) is 30.3 Å². The third-order valence-corrected chi connectivity index (χ3v) is 5.46. The summed E-state index contributed by atoms with van der Waals surface area (Å²) in [5.41, 5.74) is 0.403. The Labute approximate surface area is 154 Å². The van der Waals surface area contributed by atoms with Gasteiger partial charge in [-0.15, -0.1) is 0 Å². The van der Waals surface area contributed by atoms with Crippen molar-refractivity contribution >= 4 is 56.5 Å². The minimum absolute atomic E-state index is 0.0571. The predicted molar refractivity (Wildman–Crippen MR) is 94.7 cm³/mol. The molecular weight excluding hydrogens is 397 g/mol. The van der Waals surface area contributed by atoms with Gasteiger partial charge in [0, 0.05) is 5.69 Å². The molecule has 128 valence electrons. The van der Waals surface area contributed by atoms with E-state index in [1.807, 2.05) is 0 Å². The SMILES string of the molecule is CCOC(=O)c1cccc(NS(=O)(=O)c2cc(Cl)c(Cl)cc2Cl)c1. The van der Waals surface area contributed by atoms with Crippen LogP contribution in [0.3, 0.4) is 0 Å². The fourth-order valence-electron chi connectivity index (χ4n) is 1.84. The first-order valence-corrected chi connectivity index (χ1v) is 9.31. The van der Waals surface area contributed by atoms with E-state index in [4.69, 9.17) is 39.5 Å². The molecule has 0 fully saturated rings. The van der Waals surface area contributed by atoms with Crippen molar-refractivity contribution in [3.8, 4) is 0 Å². The summed E-state index contributed by atoms with van der Waals surface area (Å²) in [6, 6.07) is 8.30. The molecular formula is C15H12Cl3NO4S. The van der Waals surface area contributed by atoms with Crippen LogP contribution in [0.4, 0.5) is 5.69 Å². The molecule has 1 N–H and O–H groups in total. The summed E-state index contributed by atoms with van der Waals surface area (Å²) in [5, 5.41) is 0.130. The van der Waals surface area contributed by atoms with Crippen LogP contribution in [0.5, 0.6) is 0 Å². The Balaban J connectivity index is 2.35. The molecule has 0 amide bonds. The van der Waals surface area contributed by atoms with E-state index in [0.29, 0.717) is 0 Å². The molecule has 0 aromatic heterocycles. The average molecular weight is 409 g/mol. The Hall–Kier alpha value is -1.47. The molecule has 0 saturated carbocycles. The highest BCUT2D eigenvalue weighted by Crippen LogP contribution is 2.32. The van der Waals surface area contributed by atoms with Gasteiger partial charge in [0.2, 0.25) is 0 Å². The molecule has 0 aliphatic carbocycles. The number of hydrogen-bond donors (Lipinski definition) is 1. The second kappa shape index (κ2) is 7.61. The van der Waals surface area contributed by atoms with E-state index in [0.717, 1.165) is 6.07 Å². The van der Waals surface area contributed by atoms with Crippen molar-refractivity contribution in [3.63, 3.8) is 0 Å². The van der Waals surface area contributed by atoms with Crippen molar-refractivity contribution < 1.29 is 17.9 Å². The summed E-state index contributed by atoms with van der Waals surface area (Å²) < 4.78 is 32.2. The van der Waals surface area contributed by atoms with Gasteiger partial charge in [-0.1, -0.05) is 40.9 Å². The summed E-state index contributed by atoms with van der Waals surface area (Å²) in [6.07, 6.45) is 0. The second-order valence-corrected chi connectivity index (χ2v) is 7.48. The first-order valence-electron chi connectivity index (χ1n) is 6.69. The lowest BCUT2D eigenvalue weighted by Crippen LogP contribution is -2.14. The van der Waals surface area contributed by atoms with Crippen LogP contribution in [-0.4, -0.2) is 21.0 Å². The van der Waals surface area contributed by atoms with Crippen molar-refractivity contribution in [2.24, 2.45) is 0 Å². The van der Waals surface area contributed by atoms with Gasteiger partial charge in [0.05, 0.1) is 27.2 Å². The van der Waals surface area contributed by atoms with Crippen LogP contribution in [0.1, 0.15) is 17.3 Å². The number of carbonyl (C=O) groups excluding carboxylic acids is 1. The monoisotopic (exact) mass is 407 g/mol. The lowest BCUT2D eigenvalue weighted by Gasteiger charge is -2.11. The maximum absolute atomic E-state index is 12.5. The van der Waals surface area contributed by atoms with Gasteiger partial charge in [0.25, 0.3) is 10.0 Å². The Kier molecular flexibility index (Phi) is 5.98. The van der Waals surface area contributed by atoms with Crippen molar-refractivity contribution in [2.45, 2.75) is 11.8 Å². The number of sulfonamides is 1. The minimum Gasteiger partial charge on any atom is -0.462 e. The van der Waals surface area contributed by atoms with Crippen molar-refractivity contribution in [3.05, 3.63) is 57.0 Å². The number of anilines is 1. The topological polar surface area (TPSA) is 72.5 Å². The highest BCUT2D eigenvalue weighted by atomic mass is 35.5. The molecule has 0 saturated heterocycles. The summed E-state index contributed by atoms with van der Waals surface area (Å²) in [6.45, 7) is 1.89. The Morgan fingerprint density at radius 2 is 1.75 bits per heavy atom. The van der Waals surface area contributed by atoms with E-state index in [-0.39, 0.29) is 37.8 Å². The van der Waals surface area contributed by atoms with Crippen LogP contribution < -0.4 is 4.72 Å². The normalized spacial score (nSPS) is 11.2. The third-order valence-electron chi connectivity index (χ3n) is 2.89. The molecule has 2 aromatic rings. The zero-order valence-corrected chi connectivity index (χ0v) is 15.4. The Morgan fingerprint density at radius 1 is 1.08 bits per heavy atom. The van der Waals surface area contributed by atoms with E-state index in [2.05, 4.69) is 4.72 Å². The number of hydrogen-bond acceptors (Lipinski definition) is 4. The number of esters is 1. The molecule has 2 aromatic carbocycles. The van der Waals surface area contributed by atoms with Gasteiger partial charge >= 0.3 is 5.97 Å². The molecule has 0 unspecified atom stereocenters. The number of halogens is 3. The van der Waals surface area contributed by atoms with Gasteiger partial charge in [0.15, 0.2) is 0 Å². The largest absolute Gasteiger partial charge is 0.462 e. The Bertz CT molecular complexity index is 884. The molecule has 0 bridgehead atoms. The molecule has 2 rings (SSSR count). The Morgan fingerprint density at radius 3 is 2.42 bits per heavy atom. The lowest BCUT2D eigenvalue weighted by atomic mass is 10.2. The van der Waals surface area contributed by atoms with Crippen LogP contribution >= 0.6 is 34.8 Å². The van der Waals surface area contributed by atoms with Crippen LogP contribution in [0.25, 0.3) is 0 Å². The second-order valence-electron chi connectivity index (χ2n) is 4.60. The predicted octanol–water partition coefficient (Wildman–Crippen LogP) is 4.62. The van der Waals surface area contributed by atoms with Crippen LogP contribution in [0.2, 0.25) is 15.1 Å².